The molecule has 1 unspecified atom stereocenters. The summed E-state index contributed by atoms with van der Waals surface area (Å²) in [5, 5.41) is 4.69. The molecule has 1 aromatic carbocycles. The molecule has 3 atom stereocenters. The molecule has 0 spiro atoms. The second kappa shape index (κ2) is 6.45. The number of ether oxygens (including phenoxy) is 1. The van der Waals surface area contributed by atoms with Crippen LogP contribution in [0.25, 0.3) is 0 Å². The first-order valence-electron chi connectivity index (χ1n) is 6.80. The SMILES string of the molecule is CC(C[C@H]1CCC[C@@H]1Oc1ccc(Br)cc1)S(N)(=O)=O. The van der Waals surface area contributed by atoms with Crippen molar-refractivity contribution in [3.8, 4) is 5.75 Å². The molecule has 1 aliphatic rings. The van der Waals surface area contributed by atoms with Crippen molar-refractivity contribution in [2.45, 2.75) is 44.0 Å². The van der Waals surface area contributed by atoms with Crippen LogP contribution in [0.15, 0.2) is 28.7 Å². The van der Waals surface area contributed by atoms with E-state index in [0.717, 1.165) is 29.5 Å². The van der Waals surface area contributed by atoms with Crippen LogP contribution < -0.4 is 9.88 Å². The molecule has 112 valence electrons. The topological polar surface area (TPSA) is 69.4 Å². The molecule has 1 aromatic rings. The number of benzene rings is 1. The van der Waals surface area contributed by atoms with Gasteiger partial charge in [0.25, 0.3) is 0 Å². The predicted molar refractivity (Wildman–Crippen MR) is 83.1 cm³/mol. The lowest BCUT2D eigenvalue weighted by atomic mass is 10.00. The van der Waals surface area contributed by atoms with Gasteiger partial charge in [0, 0.05) is 4.47 Å². The Labute approximate surface area is 128 Å². The van der Waals surface area contributed by atoms with Crippen molar-refractivity contribution < 1.29 is 13.2 Å². The van der Waals surface area contributed by atoms with E-state index in [9.17, 15) is 8.42 Å². The van der Waals surface area contributed by atoms with Gasteiger partial charge < -0.3 is 4.74 Å². The minimum Gasteiger partial charge on any atom is -0.490 e. The third-order valence-electron chi connectivity index (χ3n) is 3.89. The second-order valence-electron chi connectivity index (χ2n) is 5.44. The van der Waals surface area contributed by atoms with E-state index in [2.05, 4.69) is 15.9 Å². The third kappa shape index (κ3) is 4.20. The smallest absolute Gasteiger partial charge is 0.211 e. The minimum atomic E-state index is -3.45. The third-order valence-corrected chi connectivity index (χ3v) is 5.73. The zero-order chi connectivity index (χ0) is 14.8. The van der Waals surface area contributed by atoms with Crippen molar-refractivity contribution in [1.29, 1.82) is 0 Å². The minimum absolute atomic E-state index is 0.0837. The highest BCUT2D eigenvalue weighted by molar-refractivity contribution is 9.10. The summed E-state index contributed by atoms with van der Waals surface area (Å²) in [6.07, 6.45) is 3.70. The largest absolute Gasteiger partial charge is 0.490 e. The summed E-state index contributed by atoms with van der Waals surface area (Å²) in [5.74, 6) is 1.08. The lowest BCUT2D eigenvalue weighted by Gasteiger charge is -2.23. The summed E-state index contributed by atoms with van der Waals surface area (Å²) in [4.78, 5) is 0. The van der Waals surface area contributed by atoms with Crippen LogP contribution in [0.2, 0.25) is 0 Å². The van der Waals surface area contributed by atoms with Crippen molar-refractivity contribution in [1.82, 2.24) is 0 Å². The van der Waals surface area contributed by atoms with Gasteiger partial charge in [0.15, 0.2) is 0 Å². The Balaban J connectivity index is 1.99. The molecule has 0 heterocycles. The first-order valence-corrected chi connectivity index (χ1v) is 9.20. The molecular weight excluding hydrogens is 342 g/mol. The fourth-order valence-electron chi connectivity index (χ4n) is 2.68. The van der Waals surface area contributed by atoms with Crippen LogP contribution in [-0.2, 0) is 10.0 Å². The van der Waals surface area contributed by atoms with Crippen LogP contribution in [-0.4, -0.2) is 19.8 Å². The van der Waals surface area contributed by atoms with Gasteiger partial charge >= 0.3 is 0 Å². The van der Waals surface area contributed by atoms with Crippen LogP contribution >= 0.6 is 15.9 Å². The van der Waals surface area contributed by atoms with Gasteiger partial charge in [0.1, 0.15) is 11.9 Å². The Morgan fingerprint density at radius 2 is 2.00 bits per heavy atom. The summed E-state index contributed by atoms with van der Waals surface area (Å²) in [6.45, 7) is 1.67. The van der Waals surface area contributed by atoms with Gasteiger partial charge in [0.05, 0.1) is 5.25 Å². The van der Waals surface area contributed by atoms with E-state index < -0.39 is 15.3 Å². The van der Waals surface area contributed by atoms with Crippen LogP contribution in [0.1, 0.15) is 32.6 Å². The molecule has 0 aliphatic heterocycles. The van der Waals surface area contributed by atoms with E-state index in [0.29, 0.717) is 6.42 Å². The molecule has 0 bridgehead atoms. The molecular formula is C14H20BrNO3S. The molecule has 1 aliphatic carbocycles. The van der Waals surface area contributed by atoms with Gasteiger partial charge in [-0.3, -0.25) is 0 Å². The van der Waals surface area contributed by atoms with Crippen LogP contribution in [0.4, 0.5) is 0 Å². The molecule has 1 saturated carbocycles. The predicted octanol–water partition coefficient (Wildman–Crippen LogP) is 3.06. The number of hydrogen-bond acceptors (Lipinski definition) is 3. The standard InChI is InChI=1S/C14H20BrNO3S/c1-10(20(16,17)18)9-11-3-2-4-14(11)19-13-7-5-12(15)6-8-13/h5-8,10-11,14H,2-4,9H2,1H3,(H2,16,17,18)/t10?,11-,14+/m1/s1. The lowest BCUT2D eigenvalue weighted by Crippen LogP contribution is -2.31. The molecule has 20 heavy (non-hydrogen) atoms. The van der Waals surface area contributed by atoms with Crippen molar-refractivity contribution in [2.24, 2.45) is 11.1 Å². The number of hydrogen-bond donors (Lipinski definition) is 1. The number of nitrogens with two attached hydrogens (primary N) is 1. The van der Waals surface area contributed by atoms with Crippen LogP contribution in [0.5, 0.6) is 5.75 Å². The zero-order valence-corrected chi connectivity index (χ0v) is 13.9. The summed E-state index contributed by atoms with van der Waals surface area (Å²) in [7, 11) is -3.45. The van der Waals surface area contributed by atoms with Gasteiger partial charge in [-0.25, -0.2) is 13.6 Å². The van der Waals surface area contributed by atoms with E-state index >= 15 is 0 Å². The normalized spacial score (nSPS) is 24.6. The fourth-order valence-corrected chi connectivity index (χ4v) is 3.46. The Bertz CT molecular complexity index is 544. The molecule has 1 fully saturated rings. The van der Waals surface area contributed by atoms with Crippen LogP contribution in [0.3, 0.4) is 0 Å². The monoisotopic (exact) mass is 361 g/mol. The molecule has 0 amide bonds. The maximum Gasteiger partial charge on any atom is 0.211 e. The van der Waals surface area contributed by atoms with Crippen LogP contribution in [0, 0.1) is 5.92 Å². The van der Waals surface area contributed by atoms with E-state index in [1.165, 1.54) is 0 Å². The highest BCUT2D eigenvalue weighted by Gasteiger charge is 2.32. The summed E-state index contributed by atoms with van der Waals surface area (Å²) in [5.41, 5.74) is 0. The Kier molecular flexibility index (Phi) is 5.09. The molecule has 0 aromatic heterocycles. The number of primary sulfonamides is 1. The maximum absolute atomic E-state index is 11.4. The first kappa shape index (κ1) is 15.8. The van der Waals surface area contributed by atoms with Gasteiger partial charge in [0.2, 0.25) is 10.0 Å². The quantitative estimate of drug-likeness (QED) is 0.875. The lowest BCUT2D eigenvalue weighted by molar-refractivity contribution is 0.153. The summed E-state index contributed by atoms with van der Waals surface area (Å²) in [6, 6.07) is 7.71. The number of halogens is 1. The molecule has 0 radical (unpaired) electrons. The van der Waals surface area contributed by atoms with Gasteiger partial charge in [-0.2, -0.15) is 0 Å². The van der Waals surface area contributed by atoms with E-state index in [-0.39, 0.29) is 12.0 Å². The van der Waals surface area contributed by atoms with Gasteiger partial charge in [-0.1, -0.05) is 15.9 Å². The highest BCUT2D eigenvalue weighted by Crippen LogP contribution is 2.33. The number of rotatable bonds is 5. The molecule has 4 nitrogen and oxygen atoms in total. The summed E-state index contributed by atoms with van der Waals surface area (Å²) >= 11 is 3.39. The van der Waals surface area contributed by atoms with E-state index in [1.54, 1.807) is 6.92 Å². The zero-order valence-electron chi connectivity index (χ0n) is 11.5. The average molecular weight is 362 g/mol. The van der Waals surface area contributed by atoms with E-state index in [4.69, 9.17) is 9.88 Å². The summed E-state index contributed by atoms with van der Waals surface area (Å²) < 4.78 is 29.7. The highest BCUT2D eigenvalue weighted by atomic mass is 79.9. The van der Waals surface area contributed by atoms with Crippen molar-refractivity contribution >= 4 is 26.0 Å². The molecule has 2 rings (SSSR count). The Morgan fingerprint density at radius 3 is 2.60 bits per heavy atom. The molecule has 2 N–H and O–H groups in total. The Morgan fingerprint density at radius 1 is 1.35 bits per heavy atom. The number of sulfonamides is 1. The van der Waals surface area contributed by atoms with E-state index in [1.807, 2.05) is 24.3 Å². The van der Waals surface area contributed by atoms with Crippen molar-refractivity contribution in [2.75, 3.05) is 0 Å². The maximum atomic E-state index is 11.4. The molecule has 6 heteroatoms. The molecule has 0 saturated heterocycles. The fraction of sp³-hybridized carbons (Fsp3) is 0.571. The van der Waals surface area contributed by atoms with Gasteiger partial charge in [-0.15, -0.1) is 0 Å². The van der Waals surface area contributed by atoms with Crippen molar-refractivity contribution in [3.05, 3.63) is 28.7 Å². The average Bonchev–Trinajstić information content (AvgIpc) is 2.78. The van der Waals surface area contributed by atoms with Gasteiger partial charge in [-0.05, 0) is 62.8 Å². The van der Waals surface area contributed by atoms with Crippen molar-refractivity contribution in [3.63, 3.8) is 0 Å². The second-order valence-corrected chi connectivity index (χ2v) is 8.34. The Hall–Kier alpha value is -0.590. The first-order chi connectivity index (χ1) is 9.36.